The molecule has 0 aliphatic heterocycles. The smallest absolute Gasteiger partial charge is 0.270 e. The zero-order valence-electron chi connectivity index (χ0n) is 12.9. The fourth-order valence-corrected chi connectivity index (χ4v) is 2.10. The summed E-state index contributed by atoms with van der Waals surface area (Å²) in [6.07, 6.45) is 1.07. The molecule has 0 atom stereocenters. The molecule has 23 heavy (non-hydrogen) atoms. The van der Waals surface area contributed by atoms with E-state index >= 15 is 0 Å². The number of nitro benzene ring substituents is 1. The third kappa shape index (κ3) is 4.45. The van der Waals surface area contributed by atoms with Gasteiger partial charge in [0.05, 0.1) is 16.2 Å². The van der Waals surface area contributed by atoms with E-state index in [0.29, 0.717) is 12.2 Å². The second kappa shape index (κ2) is 7.80. The molecule has 0 fully saturated rings. The molecule has 0 aliphatic rings. The van der Waals surface area contributed by atoms with Crippen LogP contribution in [0.15, 0.2) is 42.5 Å². The Kier molecular flexibility index (Phi) is 5.53. The van der Waals surface area contributed by atoms with Gasteiger partial charge in [-0.15, -0.1) is 0 Å². The molecular weight excluding hydrogens is 292 g/mol. The van der Waals surface area contributed by atoms with Crippen LogP contribution in [-0.4, -0.2) is 11.5 Å². The number of nitrogens with zero attached hydrogens (tertiary/aromatic N) is 2. The SMILES string of the molecule is CCCNc1ccc(CNc2ccc([N+](=O)[O-])cc2C#N)cc1. The molecule has 0 amide bonds. The molecule has 0 unspecified atom stereocenters. The summed E-state index contributed by atoms with van der Waals surface area (Å²) in [6, 6.07) is 14.2. The van der Waals surface area contributed by atoms with Gasteiger partial charge in [-0.3, -0.25) is 10.1 Å². The zero-order valence-corrected chi connectivity index (χ0v) is 12.9. The van der Waals surface area contributed by atoms with E-state index in [9.17, 15) is 10.1 Å². The molecule has 2 aromatic rings. The van der Waals surface area contributed by atoms with Crippen molar-refractivity contribution in [3.63, 3.8) is 0 Å². The van der Waals surface area contributed by atoms with Crippen molar-refractivity contribution in [1.82, 2.24) is 0 Å². The lowest BCUT2D eigenvalue weighted by Crippen LogP contribution is -2.03. The van der Waals surface area contributed by atoms with Crippen LogP contribution in [0.1, 0.15) is 24.5 Å². The summed E-state index contributed by atoms with van der Waals surface area (Å²) in [4.78, 5) is 10.2. The minimum absolute atomic E-state index is 0.0848. The van der Waals surface area contributed by atoms with E-state index in [1.165, 1.54) is 12.1 Å². The van der Waals surface area contributed by atoms with Crippen LogP contribution >= 0.6 is 0 Å². The van der Waals surface area contributed by atoms with Crippen LogP contribution in [0.5, 0.6) is 0 Å². The van der Waals surface area contributed by atoms with Gasteiger partial charge in [-0.2, -0.15) is 5.26 Å². The Hall–Kier alpha value is -3.07. The number of rotatable bonds is 7. The number of nitro groups is 1. The second-order valence-corrected chi connectivity index (χ2v) is 5.08. The van der Waals surface area contributed by atoms with Crippen molar-refractivity contribution in [2.75, 3.05) is 17.2 Å². The van der Waals surface area contributed by atoms with Gasteiger partial charge in [0, 0.05) is 30.9 Å². The first-order chi connectivity index (χ1) is 11.1. The van der Waals surface area contributed by atoms with Gasteiger partial charge < -0.3 is 10.6 Å². The summed E-state index contributed by atoms with van der Waals surface area (Å²) in [5, 5.41) is 26.3. The number of nitrogens with one attached hydrogen (secondary N) is 2. The molecule has 6 heteroatoms. The molecule has 0 aromatic heterocycles. The molecule has 0 spiro atoms. The Morgan fingerprint density at radius 2 is 1.91 bits per heavy atom. The maximum Gasteiger partial charge on any atom is 0.270 e. The third-order valence-electron chi connectivity index (χ3n) is 3.35. The monoisotopic (exact) mass is 310 g/mol. The van der Waals surface area contributed by atoms with Gasteiger partial charge in [0.15, 0.2) is 0 Å². The van der Waals surface area contributed by atoms with E-state index < -0.39 is 4.92 Å². The summed E-state index contributed by atoms with van der Waals surface area (Å²) in [7, 11) is 0. The van der Waals surface area contributed by atoms with Crippen molar-refractivity contribution in [1.29, 1.82) is 5.26 Å². The average molecular weight is 310 g/mol. The van der Waals surface area contributed by atoms with E-state index in [0.717, 1.165) is 24.2 Å². The summed E-state index contributed by atoms with van der Waals surface area (Å²) >= 11 is 0. The van der Waals surface area contributed by atoms with Crippen molar-refractivity contribution < 1.29 is 4.92 Å². The maximum absolute atomic E-state index is 10.7. The van der Waals surface area contributed by atoms with Crippen molar-refractivity contribution >= 4 is 17.1 Å². The minimum atomic E-state index is -0.507. The van der Waals surface area contributed by atoms with E-state index in [2.05, 4.69) is 17.6 Å². The summed E-state index contributed by atoms with van der Waals surface area (Å²) < 4.78 is 0. The Balaban J connectivity index is 2.03. The zero-order chi connectivity index (χ0) is 16.7. The first-order valence-electron chi connectivity index (χ1n) is 7.39. The first-order valence-corrected chi connectivity index (χ1v) is 7.39. The molecule has 2 rings (SSSR count). The number of benzene rings is 2. The highest BCUT2D eigenvalue weighted by Crippen LogP contribution is 2.22. The predicted octanol–water partition coefficient (Wildman–Crippen LogP) is 3.90. The summed E-state index contributed by atoms with van der Waals surface area (Å²) in [5.41, 5.74) is 2.91. The highest BCUT2D eigenvalue weighted by Gasteiger charge is 2.10. The molecule has 2 aromatic carbocycles. The lowest BCUT2D eigenvalue weighted by atomic mass is 10.1. The Bertz CT molecular complexity index is 720. The first kappa shape index (κ1) is 16.3. The lowest BCUT2D eigenvalue weighted by Gasteiger charge is -2.09. The quantitative estimate of drug-likeness (QED) is 0.598. The molecule has 0 saturated heterocycles. The van der Waals surface area contributed by atoms with E-state index in [-0.39, 0.29) is 11.3 Å². The van der Waals surface area contributed by atoms with Gasteiger partial charge in [-0.25, -0.2) is 0 Å². The van der Waals surface area contributed by atoms with Crippen molar-refractivity contribution in [2.45, 2.75) is 19.9 Å². The van der Waals surface area contributed by atoms with Crippen LogP contribution in [0.3, 0.4) is 0 Å². The number of non-ortho nitro benzene ring substituents is 1. The predicted molar refractivity (Wildman–Crippen MR) is 90.4 cm³/mol. The van der Waals surface area contributed by atoms with Gasteiger partial charge in [0.1, 0.15) is 6.07 Å². The molecule has 0 aliphatic carbocycles. The van der Waals surface area contributed by atoms with Gasteiger partial charge in [-0.05, 0) is 30.2 Å². The van der Waals surface area contributed by atoms with E-state index in [1.807, 2.05) is 30.3 Å². The Labute approximate surface area is 134 Å². The highest BCUT2D eigenvalue weighted by molar-refractivity contribution is 5.61. The summed E-state index contributed by atoms with van der Waals surface area (Å²) in [5.74, 6) is 0. The fraction of sp³-hybridized carbons (Fsp3) is 0.235. The third-order valence-corrected chi connectivity index (χ3v) is 3.35. The van der Waals surface area contributed by atoms with Crippen LogP contribution in [0.2, 0.25) is 0 Å². The molecule has 0 heterocycles. The molecule has 2 N–H and O–H groups in total. The molecule has 6 nitrogen and oxygen atoms in total. The molecule has 0 radical (unpaired) electrons. The average Bonchev–Trinajstić information content (AvgIpc) is 2.58. The van der Waals surface area contributed by atoms with Gasteiger partial charge in [0.25, 0.3) is 5.69 Å². The fourth-order valence-electron chi connectivity index (χ4n) is 2.10. The van der Waals surface area contributed by atoms with Crippen molar-refractivity contribution in [2.24, 2.45) is 0 Å². The Morgan fingerprint density at radius 3 is 2.52 bits per heavy atom. The second-order valence-electron chi connectivity index (χ2n) is 5.08. The molecule has 118 valence electrons. The topological polar surface area (TPSA) is 91.0 Å². The van der Waals surface area contributed by atoms with E-state index in [4.69, 9.17) is 5.26 Å². The lowest BCUT2D eigenvalue weighted by molar-refractivity contribution is -0.384. The van der Waals surface area contributed by atoms with Gasteiger partial charge in [-0.1, -0.05) is 19.1 Å². The van der Waals surface area contributed by atoms with Crippen LogP contribution < -0.4 is 10.6 Å². The standard InChI is InChI=1S/C17H18N4O2/c1-2-9-19-15-5-3-13(4-6-15)12-20-17-8-7-16(21(22)23)10-14(17)11-18/h3-8,10,19-20H,2,9,12H2,1H3. The largest absolute Gasteiger partial charge is 0.385 e. The number of hydrogen-bond acceptors (Lipinski definition) is 5. The van der Waals surface area contributed by atoms with Crippen LogP contribution in [0.25, 0.3) is 0 Å². The summed E-state index contributed by atoms with van der Waals surface area (Å²) in [6.45, 7) is 3.59. The van der Waals surface area contributed by atoms with Crippen LogP contribution in [-0.2, 0) is 6.54 Å². The molecule has 0 saturated carbocycles. The van der Waals surface area contributed by atoms with Crippen molar-refractivity contribution in [3.05, 3.63) is 63.7 Å². The highest BCUT2D eigenvalue weighted by atomic mass is 16.6. The van der Waals surface area contributed by atoms with Crippen molar-refractivity contribution in [3.8, 4) is 6.07 Å². The molecule has 0 bridgehead atoms. The van der Waals surface area contributed by atoms with Crippen LogP contribution in [0.4, 0.5) is 17.1 Å². The minimum Gasteiger partial charge on any atom is -0.385 e. The normalized spacial score (nSPS) is 9.91. The number of anilines is 2. The number of hydrogen-bond donors (Lipinski definition) is 2. The molecular formula is C17H18N4O2. The van der Waals surface area contributed by atoms with Crippen LogP contribution in [0, 0.1) is 21.4 Å². The van der Waals surface area contributed by atoms with Gasteiger partial charge >= 0.3 is 0 Å². The van der Waals surface area contributed by atoms with E-state index in [1.54, 1.807) is 6.07 Å². The van der Waals surface area contributed by atoms with Gasteiger partial charge in [0.2, 0.25) is 0 Å². The number of nitriles is 1. The maximum atomic E-state index is 10.7. The Morgan fingerprint density at radius 1 is 1.17 bits per heavy atom.